The Morgan fingerprint density at radius 1 is 1.00 bits per heavy atom. The van der Waals surface area contributed by atoms with Gasteiger partial charge in [-0.05, 0) is 80.3 Å². The number of nitrogens with two attached hydrogens (primary N) is 1. The van der Waals surface area contributed by atoms with Crippen LogP contribution in [0.25, 0.3) is 0 Å². The maximum Gasteiger partial charge on any atom is 0.223 e. The van der Waals surface area contributed by atoms with Crippen LogP contribution in [0.3, 0.4) is 0 Å². The van der Waals surface area contributed by atoms with Crippen molar-refractivity contribution in [3.05, 3.63) is 59.9 Å². The number of allylic oxidation sites excluding steroid dienone is 2. The Bertz CT molecular complexity index is 882. The van der Waals surface area contributed by atoms with Crippen LogP contribution in [0.4, 0.5) is 0 Å². The summed E-state index contributed by atoms with van der Waals surface area (Å²) in [5, 5.41) is 0. The fourth-order valence-electron chi connectivity index (χ4n) is 8.05. The lowest BCUT2D eigenvalue weighted by atomic mass is 9.47. The molecule has 4 aliphatic carbocycles. The van der Waals surface area contributed by atoms with Crippen molar-refractivity contribution >= 4 is 5.91 Å². The van der Waals surface area contributed by atoms with Gasteiger partial charge >= 0.3 is 0 Å². The summed E-state index contributed by atoms with van der Waals surface area (Å²) in [6.07, 6.45) is 15.0. The molecular weight excluding hydrogens is 382 g/mol. The molecule has 0 spiro atoms. The molecule has 2 unspecified atom stereocenters. The largest absolute Gasteiger partial charge is 0.369 e. The molecule has 1 aromatic carbocycles. The highest BCUT2D eigenvalue weighted by Gasteiger charge is 2.59. The third-order valence-corrected chi connectivity index (χ3v) is 9.17. The molecule has 0 radical (unpaired) electrons. The number of hydrogen-bond donors (Lipinski definition) is 1. The van der Waals surface area contributed by atoms with Crippen LogP contribution in [-0.2, 0) is 4.79 Å². The number of rotatable bonds is 4. The molecule has 2 aliphatic heterocycles. The SMILES string of the molecule is NC(=O)C12CC3CC(C1)C(N1CC=CC=C1N1CCC(c4ccccc4)CC1)C(C3)C2. The van der Waals surface area contributed by atoms with E-state index in [4.69, 9.17) is 5.73 Å². The highest BCUT2D eigenvalue weighted by Crippen LogP contribution is 2.61. The topological polar surface area (TPSA) is 49.6 Å². The Labute approximate surface area is 186 Å². The number of carbonyl (C=O) groups is 1. The molecule has 6 aliphatic rings. The van der Waals surface area contributed by atoms with Gasteiger partial charge in [0.05, 0.1) is 0 Å². The summed E-state index contributed by atoms with van der Waals surface area (Å²) in [4.78, 5) is 17.7. The van der Waals surface area contributed by atoms with E-state index in [0.29, 0.717) is 23.8 Å². The molecular formula is C27H35N3O. The van der Waals surface area contributed by atoms with Crippen LogP contribution < -0.4 is 5.73 Å². The summed E-state index contributed by atoms with van der Waals surface area (Å²) < 4.78 is 0. The maximum absolute atomic E-state index is 12.4. The first-order chi connectivity index (χ1) is 15.1. The van der Waals surface area contributed by atoms with Crippen molar-refractivity contribution in [2.45, 2.75) is 56.9 Å². The van der Waals surface area contributed by atoms with Crippen molar-refractivity contribution < 1.29 is 4.79 Å². The zero-order valence-corrected chi connectivity index (χ0v) is 18.5. The second-order valence-electron chi connectivity index (χ2n) is 10.9. The van der Waals surface area contributed by atoms with Gasteiger partial charge in [-0.15, -0.1) is 0 Å². The zero-order valence-electron chi connectivity index (χ0n) is 18.5. The number of amides is 1. The van der Waals surface area contributed by atoms with Crippen molar-refractivity contribution in [3.63, 3.8) is 0 Å². The molecule has 5 fully saturated rings. The number of likely N-dealkylation sites (tertiary alicyclic amines) is 1. The lowest BCUT2D eigenvalue weighted by Crippen LogP contribution is -2.62. The van der Waals surface area contributed by atoms with Crippen LogP contribution in [0.1, 0.15) is 56.4 Å². The summed E-state index contributed by atoms with van der Waals surface area (Å²) >= 11 is 0. The van der Waals surface area contributed by atoms with Gasteiger partial charge < -0.3 is 15.5 Å². The van der Waals surface area contributed by atoms with E-state index in [1.54, 1.807) is 0 Å². The Morgan fingerprint density at radius 3 is 2.39 bits per heavy atom. The van der Waals surface area contributed by atoms with Gasteiger partial charge in [0.2, 0.25) is 5.91 Å². The Hall–Kier alpha value is -2.23. The molecule has 1 amide bonds. The smallest absolute Gasteiger partial charge is 0.223 e. The van der Waals surface area contributed by atoms with Crippen molar-refractivity contribution in [1.29, 1.82) is 0 Å². The van der Waals surface area contributed by atoms with E-state index >= 15 is 0 Å². The molecule has 2 atom stereocenters. The first-order valence-corrected chi connectivity index (χ1v) is 12.4. The predicted molar refractivity (Wildman–Crippen MR) is 123 cm³/mol. The molecule has 1 saturated heterocycles. The van der Waals surface area contributed by atoms with Gasteiger partial charge in [-0.3, -0.25) is 4.79 Å². The second kappa shape index (κ2) is 7.43. The molecule has 4 saturated carbocycles. The Balaban J connectivity index is 1.20. The van der Waals surface area contributed by atoms with E-state index in [1.807, 2.05) is 0 Å². The molecule has 4 heteroatoms. The van der Waals surface area contributed by atoms with Gasteiger partial charge in [0.25, 0.3) is 0 Å². The summed E-state index contributed by atoms with van der Waals surface area (Å²) in [5.41, 5.74) is 7.23. The third-order valence-electron chi connectivity index (χ3n) is 9.17. The Kier molecular flexibility index (Phi) is 4.66. The minimum Gasteiger partial charge on any atom is -0.369 e. The summed E-state index contributed by atoms with van der Waals surface area (Å²) in [7, 11) is 0. The maximum atomic E-state index is 12.4. The van der Waals surface area contributed by atoms with Crippen LogP contribution >= 0.6 is 0 Å². The van der Waals surface area contributed by atoms with Crippen LogP contribution in [0.5, 0.6) is 0 Å². The number of nitrogens with zero attached hydrogens (tertiary/aromatic N) is 2. The van der Waals surface area contributed by atoms with E-state index < -0.39 is 0 Å². The minimum atomic E-state index is -0.198. The standard InChI is InChI=1S/C27H35N3O/c28-26(31)27-16-19-14-22(17-27)25(23(15-19)18-27)30-11-5-4-8-24(30)29-12-9-21(10-13-29)20-6-2-1-3-7-20/h1-8,19,21-23,25H,9-18H2,(H2,28,31). The molecule has 164 valence electrons. The minimum absolute atomic E-state index is 0.0253. The van der Waals surface area contributed by atoms with E-state index in [0.717, 1.165) is 44.8 Å². The third kappa shape index (κ3) is 3.21. The van der Waals surface area contributed by atoms with E-state index in [2.05, 4.69) is 58.4 Å². The van der Waals surface area contributed by atoms with Crippen molar-refractivity contribution in [2.24, 2.45) is 28.9 Å². The molecule has 2 heterocycles. The summed E-state index contributed by atoms with van der Waals surface area (Å²) in [6, 6.07) is 11.6. The quantitative estimate of drug-likeness (QED) is 0.796. The van der Waals surface area contributed by atoms with Gasteiger partial charge in [-0.25, -0.2) is 0 Å². The average Bonchev–Trinajstić information content (AvgIpc) is 2.79. The van der Waals surface area contributed by atoms with Gasteiger partial charge in [0.1, 0.15) is 5.82 Å². The van der Waals surface area contributed by atoms with Crippen molar-refractivity contribution in [2.75, 3.05) is 19.6 Å². The molecule has 1 aromatic rings. The summed E-state index contributed by atoms with van der Waals surface area (Å²) in [5.74, 6) is 4.05. The molecule has 4 bridgehead atoms. The Morgan fingerprint density at radius 2 is 1.71 bits per heavy atom. The molecule has 4 nitrogen and oxygen atoms in total. The lowest BCUT2D eigenvalue weighted by molar-refractivity contribution is -0.151. The van der Waals surface area contributed by atoms with E-state index in [1.165, 1.54) is 37.1 Å². The number of carbonyl (C=O) groups excluding carboxylic acids is 1. The molecule has 2 N–H and O–H groups in total. The second-order valence-corrected chi connectivity index (χ2v) is 10.9. The fourth-order valence-corrected chi connectivity index (χ4v) is 8.05. The first-order valence-electron chi connectivity index (χ1n) is 12.4. The summed E-state index contributed by atoms with van der Waals surface area (Å²) in [6.45, 7) is 3.27. The van der Waals surface area contributed by atoms with Gasteiger partial charge in [-0.2, -0.15) is 0 Å². The van der Waals surface area contributed by atoms with Crippen molar-refractivity contribution in [1.82, 2.24) is 9.80 Å². The van der Waals surface area contributed by atoms with Crippen LogP contribution in [-0.4, -0.2) is 41.4 Å². The first kappa shape index (κ1) is 19.5. The van der Waals surface area contributed by atoms with Gasteiger partial charge in [0.15, 0.2) is 0 Å². The van der Waals surface area contributed by atoms with Gasteiger partial charge in [0, 0.05) is 31.1 Å². The zero-order chi connectivity index (χ0) is 21.0. The van der Waals surface area contributed by atoms with Crippen LogP contribution in [0.2, 0.25) is 0 Å². The van der Waals surface area contributed by atoms with Crippen molar-refractivity contribution in [3.8, 4) is 0 Å². The highest BCUT2D eigenvalue weighted by atomic mass is 16.1. The van der Waals surface area contributed by atoms with E-state index in [-0.39, 0.29) is 11.3 Å². The number of benzene rings is 1. The highest BCUT2D eigenvalue weighted by molar-refractivity contribution is 5.81. The molecule has 7 rings (SSSR count). The lowest BCUT2D eigenvalue weighted by Gasteiger charge is -2.62. The normalized spacial score (nSPS) is 37.2. The van der Waals surface area contributed by atoms with Gasteiger partial charge in [-0.1, -0.05) is 42.5 Å². The van der Waals surface area contributed by atoms with Crippen LogP contribution in [0, 0.1) is 23.2 Å². The molecule has 31 heavy (non-hydrogen) atoms. The number of hydrogen-bond acceptors (Lipinski definition) is 3. The number of piperidine rings is 1. The monoisotopic (exact) mass is 417 g/mol. The predicted octanol–water partition coefficient (Wildman–Crippen LogP) is 4.26. The average molecular weight is 418 g/mol. The fraction of sp³-hybridized carbons (Fsp3) is 0.593. The number of primary amides is 1. The molecule has 0 aromatic heterocycles. The van der Waals surface area contributed by atoms with E-state index in [9.17, 15) is 4.79 Å². The van der Waals surface area contributed by atoms with Crippen LogP contribution in [0.15, 0.2) is 54.4 Å².